The Morgan fingerprint density at radius 1 is 1.19 bits per heavy atom. The van der Waals surface area contributed by atoms with Crippen molar-refractivity contribution in [2.45, 2.75) is 57.8 Å². The van der Waals surface area contributed by atoms with Crippen LogP contribution in [0.3, 0.4) is 0 Å². The molecule has 1 amide bonds. The van der Waals surface area contributed by atoms with E-state index in [2.05, 4.69) is 0 Å². The fourth-order valence-electron chi connectivity index (χ4n) is 3.77. The van der Waals surface area contributed by atoms with E-state index in [1.165, 1.54) is 15.0 Å². The minimum absolute atomic E-state index is 0.0308. The van der Waals surface area contributed by atoms with E-state index < -0.39 is 11.7 Å². The summed E-state index contributed by atoms with van der Waals surface area (Å²) in [6, 6.07) is 9.99. The lowest BCUT2D eigenvalue weighted by molar-refractivity contribution is 0.0196. The first-order chi connectivity index (χ1) is 12.8. The molecular formula is C20H25N3O4. The summed E-state index contributed by atoms with van der Waals surface area (Å²) >= 11 is 0. The van der Waals surface area contributed by atoms with E-state index in [0.29, 0.717) is 18.8 Å². The number of amides is 1. The first kappa shape index (κ1) is 17.7. The number of benzene rings is 1. The third-order valence-corrected chi connectivity index (χ3v) is 5.15. The van der Waals surface area contributed by atoms with Crippen molar-refractivity contribution in [2.24, 2.45) is 0 Å². The summed E-state index contributed by atoms with van der Waals surface area (Å²) in [6.45, 7) is 6.36. The molecule has 2 aromatic rings. The second kappa shape index (κ2) is 6.18. The summed E-state index contributed by atoms with van der Waals surface area (Å²) in [6.07, 6.45) is 0.401. The van der Waals surface area contributed by atoms with Crippen LogP contribution in [-0.4, -0.2) is 37.4 Å². The highest BCUT2D eigenvalue weighted by atomic mass is 16.6. The summed E-state index contributed by atoms with van der Waals surface area (Å²) in [7, 11) is 0. The van der Waals surface area contributed by atoms with Crippen LogP contribution in [0.25, 0.3) is 0 Å². The molecule has 4 rings (SSSR count). The molecule has 7 heteroatoms. The van der Waals surface area contributed by atoms with Crippen LogP contribution >= 0.6 is 0 Å². The number of hydrogen-bond donors (Lipinski definition) is 1. The highest BCUT2D eigenvalue weighted by molar-refractivity contribution is 5.68. The smallest absolute Gasteiger partial charge is 0.410 e. The quantitative estimate of drug-likeness (QED) is 0.881. The molecule has 1 aliphatic carbocycles. The molecule has 2 heterocycles. The van der Waals surface area contributed by atoms with Gasteiger partial charge in [-0.15, -0.1) is 0 Å². The van der Waals surface area contributed by atoms with Crippen molar-refractivity contribution in [1.82, 2.24) is 14.0 Å². The number of rotatable bonds is 2. The number of fused-ring (bicyclic) bond motifs is 1. The Bertz CT molecular complexity index is 923. The van der Waals surface area contributed by atoms with E-state index in [9.17, 15) is 14.7 Å². The number of carbonyl (C=O) groups excluding carboxylic acids is 1. The van der Waals surface area contributed by atoms with Crippen molar-refractivity contribution >= 4 is 6.09 Å². The predicted molar refractivity (Wildman–Crippen MR) is 99.8 cm³/mol. The Balaban J connectivity index is 1.57. The normalized spacial score (nSPS) is 21.7. The second-order valence-electron chi connectivity index (χ2n) is 8.30. The zero-order chi connectivity index (χ0) is 19.3. The number of nitrogens with zero attached hydrogens (tertiary/aromatic N) is 3. The number of aromatic nitrogens is 2. The lowest BCUT2D eigenvalue weighted by Gasteiger charge is -2.30. The van der Waals surface area contributed by atoms with Crippen molar-refractivity contribution in [2.75, 3.05) is 6.54 Å². The molecule has 1 saturated carbocycles. The van der Waals surface area contributed by atoms with E-state index in [4.69, 9.17) is 4.74 Å². The minimum Gasteiger partial charge on any atom is -0.493 e. The van der Waals surface area contributed by atoms with E-state index in [1.54, 1.807) is 4.57 Å². The average Bonchev–Trinajstić information content (AvgIpc) is 3.36. The maximum Gasteiger partial charge on any atom is 0.410 e. The van der Waals surface area contributed by atoms with E-state index in [1.807, 2.05) is 51.1 Å². The summed E-state index contributed by atoms with van der Waals surface area (Å²) in [4.78, 5) is 26.7. The first-order valence-corrected chi connectivity index (χ1v) is 9.32. The van der Waals surface area contributed by atoms with Gasteiger partial charge in [0.15, 0.2) is 0 Å². The van der Waals surface area contributed by atoms with Gasteiger partial charge in [-0.1, -0.05) is 30.3 Å². The molecule has 2 atom stereocenters. The van der Waals surface area contributed by atoms with E-state index in [0.717, 1.165) is 6.42 Å². The fraction of sp³-hybridized carbons (Fsp3) is 0.500. The second-order valence-corrected chi connectivity index (χ2v) is 8.30. The van der Waals surface area contributed by atoms with Gasteiger partial charge in [-0.2, -0.15) is 0 Å². The van der Waals surface area contributed by atoms with E-state index >= 15 is 0 Å². The molecule has 1 N–H and O–H groups in total. The summed E-state index contributed by atoms with van der Waals surface area (Å²) in [5.41, 5.74) is 0.873. The van der Waals surface area contributed by atoms with Crippen molar-refractivity contribution in [3.05, 3.63) is 52.1 Å². The molecule has 7 nitrogen and oxygen atoms in total. The van der Waals surface area contributed by atoms with Crippen LogP contribution in [0.2, 0.25) is 0 Å². The van der Waals surface area contributed by atoms with Crippen LogP contribution in [0.4, 0.5) is 4.79 Å². The molecule has 1 aliphatic heterocycles. The van der Waals surface area contributed by atoms with Gasteiger partial charge in [0.2, 0.25) is 5.88 Å². The van der Waals surface area contributed by atoms with E-state index in [-0.39, 0.29) is 30.1 Å². The monoisotopic (exact) mass is 371 g/mol. The number of carbonyl (C=O) groups is 1. The molecule has 0 unspecified atom stereocenters. The molecule has 1 aromatic heterocycles. The van der Waals surface area contributed by atoms with Crippen LogP contribution in [0, 0.1) is 0 Å². The Hall–Kier alpha value is -2.70. The molecule has 1 aromatic carbocycles. The Kier molecular flexibility index (Phi) is 4.05. The third kappa shape index (κ3) is 3.22. The lowest BCUT2D eigenvalue weighted by Crippen LogP contribution is -2.43. The molecule has 0 bridgehead atoms. The van der Waals surface area contributed by atoms with Gasteiger partial charge in [0, 0.05) is 25.0 Å². The topological polar surface area (TPSA) is 76.7 Å². The van der Waals surface area contributed by atoms with Gasteiger partial charge in [-0.25, -0.2) is 9.59 Å². The molecule has 0 spiro atoms. The average molecular weight is 371 g/mol. The van der Waals surface area contributed by atoms with Crippen LogP contribution < -0.4 is 5.69 Å². The summed E-state index contributed by atoms with van der Waals surface area (Å²) in [5, 5.41) is 10.7. The molecule has 0 radical (unpaired) electrons. The fourth-order valence-corrected chi connectivity index (χ4v) is 3.77. The largest absolute Gasteiger partial charge is 0.493 e. The zero-order valence-electron chi connectivity index (χ0n) is 15.9. The molecule has 27 heavy (non-hydrogen) atoms. The van der Waals surface area contributed by atoms with Gasteiger partial charge in [0.05, 0.1) is 6.54 Å². The summed E-state index contributed by atoms with van der Waals surface area (Å²) in [5.74, 6) is 0.206. The number of imidazole rings is 1. The third-order valence-electron chi connectivity index (χ3n) is 5.15. The molecule has 1 fully saturated rings. The molecular weight excluding hydrogens is 346 g/mol. The van der Waals surface area contributed by atoms with Gasteiger partial charge in [0.1, 0.15) is 11.3 Å². The van der Waals surface area contributed by atoms with Crippen molar-refractivity contribution < 1.29 is 14.6 Å². The number of hydrogen-bond acceptors (Lipinski definition) is 4. The minimum atomic E-state index is -0.584. The Morgan fingerprint density at radius 2 is 1.89 bits per heavy atom. The highest BCUT2D eigenvalue weighted by Gasteiger charge is 2.44. The van der Waals surface area contributed by atoms with Gasteiger partial charge in [-0.3, -0.25) is 9.13 Å². The SMILES string of the molecule is CC(C)(C)OC(=O)N1CCn2c(c(O)n([C@@H]3C[C@H]3c3ccccc3)c2=O)C1. The zero-order valence-corrected chi connectivity index (χ0v) is 15.9. The van der Waals surface area contributed by atoms with Crippen LogP contribution in [0.1, 0.15) is 50.4 Å². The van der Waals surface area contributed by atoms with Crippen LogP contribution in [0.15, 0.2) is 35.1 Å². The standard InChI is InChI=1S/C20H25N3O4/c1-20(2,3)27-19(26)21-9-10-22-16(12-21)17(24)23(18(22)25)15-11-14(15)13-7-5-4-6-8-13/h4-8,14-15,24H,9-12H2,1-3H3/t14-,15+/m0/s1. The highest BCUT2D eigenvalue weighted by Crippen LogP contribution is 2.52. The maximum absolute atomic E-state index is 12.8. The molecule has 0 saturated heterocycles. The van der Waals surface area contributed by atoms with Gasteiger partial charge in [-0.05, 0) is 32.8 Å². The van der Waals surface area contributed by atoms with Crippen molar-refractivity contribution in [1.29, 1.82) is 0 Å². The Morgan fingerprint density at radius 3 is 2.56 bits per heavy atom. The summed E-state index contributed by atoms with van der Waals surface area (Å²) < 4.78 is 8.49. The number of aromatic hydroxyl groups is 1. The van der Waals surface area contributed by atoms with Gasteiger partial charge < -0.3 is 14.7 Å². The molecule has 2 aliphatic rings. The first-order valence-electron chi connectivity index (χ1n) is 9.32. The Labute approximate surface area is 157 Å². The maximum atomic E-state index is 12.8. The number of ether oxygens (including phenoxy) is 1. The van der Waals surface area contributed by atoms with Crippen LogP contribution in [-0.2, 0) is 17.8 Å². The van der Waals surface area contributed by atoms with Gasteiger partial charge in [0.25, 0.3) is 0 Å². The van der Waals surface area contributed by atoms with Crippen molar-refractivity contribution in [3.8, 4) is 5.88 Å². The lowest BCUT2D eigenvalue weighted by atomic mass is 10.1. The van der Waals surface area contributed by atoms with Crippen LogP contribution in [0.5, 0.6) is 5.88 Å². The van der Waals surface area contributed by atoms with Crippen molar-refractivity contribution in [3.63, 3.8) is 0 Å². The predicted octanol–water partition coefficient (Wildman–Crippen LogP) is 2.83. The molecule has 144 valence electrons. The van der Waals surface area contributed by atoms with Gasteiger partial charge >= 0.3 is 11.8 Å².